The maximum atomic E-state index is 11.1. The van der Waals surface area contributed by atoms with Crippen molar-refractivity contribution in [3.63, 3.8) is 0 Å². The summed E-state index contributed by atoms with van der Waals surface area (Å²) in [6, 6.07) is 6.53. The summed E-state index contributed by atoms with van der Waals surface area (Å²) in [4.78, 5) is 14.0. The van der Waals surface area contributed by atoms with Crippen LogP contribution in [0.3, 0.4) is 0 Å². The van der Waals surface area contributed by atoms with Crippen molar-refractivity contribution in [3.05, 3.63) is 40.4 Å². The molecule has 0 saturated carbocycles. The van der Waals surface area contributed by atoms with Crippen molar-refractivity contribution in [3.8, 4) is 0 Å². The van der Waals surface area contributed by atoms with Gasteiger partial charge >= 0.3 is 11.7 Å². The summed E-state index contributed by atoms with van der Waals surface area (Å²) in [7, 11) is 1.20. The molecule has 0 aliphatic carbocycles. The van der Waals surface area contributed by atoms with Crippen LogP contribution in [0.5, 0.6) is 0 Å². The lowest BCUT2D eigenvalue weighted by Gasteiger charge is -1.97. The summed E-state index contributed by atoms with van der Waals surface area (Å²) in [6.45, 7) is 0. The van der Waals surface area contributed by atoms with E-state index >= 15 is 0 Å². The Morgan fingerprint density at radius 2 is 2.14 bits per heavy atom. The minimum Gasteiger partial charge on any atom is -0.460 e. The molecule has 0 N–H and O–H groups in total. The van der Waals surface area contributed by atoms with Crippen LogP contribution < -0.4 is 0 Å². The number of ether oxygens (including phenoxy) is 1. The summed E-state index contributed by atoms with van der Waals surface area (Å²) in [5.74, 6) is -0.736. The van der Waals surface area contributed by atoms with Crippen molar-refractivity contribution in [2.75, 3.05) is 7.11 Å². The van der Waals surface area contributed by atoms with Gasteiger partial charge in [0.15, 0.2) is 0 Å². The van der Waals surface area contributed by atoms with Crippen LogP contribution in [-0.4, -0.2) is 23.6 Å². The summed E-state index contributed by atoms with van der Waals surface area (Å²) in [5, 5.41) is 0.325. The van der Waals surface area contributed by atoms with Gasteiger partial charge in [0.1, 0.15) is 0 Å². The van der Waals surface area contributed by atoms with E-state index < -0.39 is 5.97 Å². The van der Waals surface area contributed by atoms with Gasteiger partial charge in [0.2, 0.25) is 0 Å². The van der Waals surface area contributed by atoms with E-state index in [1.54, 1.807) is 24.3 Å². The summed E-state index contributed by atoms with van der Waals surface area (Å²) < 4.78 is 4.42. The Morgan fingerprint density at radius 1 is 1.50 bits per heavy atom. The molecule has 0 fully saturated rings. The molecule has 72 valence electrons. The second kappa shape index (κ2) is 4.56. The van der Waals surface area contributed by atoms with Crippen molar-refractivity contribution in [1.82, 2.24) is 0 Å². The molecular formula is C9H7ClN2O2. The zero-order valence-electron chi connectivity index (χ0n) is 7.40. The van der Waals surface area contributed by atoms with E-state index in [9.17, 15) is 4.79 Å². The zero-order chi connectivity index (χ0) is 10.6. The number of halogens is 1. The highest BCUT2D eigenvalue weighted by Crippen LogP contribution is 2.15. The normalized spacial score (nSPS) is 9.00. The molecule has 0 atom stereocenters. The molecule has 14 heavy (non-hydrogen) atoms. The first-order chi connectivity index (χ1) is 6.70. The van der Waals surface area contributed by atoms with Crippen LogP contribution >= 0.6 is 11.6 Å². The van der Waals surface area contributed by atoms with Gasteiger partial charge in [0.25, 0.3) is 0 Å². The molecule has 0 spiro atoms. The van der Waals surface area contributed by atoms with Crippen LogP contribution in [-0.2, 0) is 9.53 Å². The standard InChI is InChI=1S/C9H7ClN2O2/c1-14-9(13)8(12-11)6-4-2-3-5-7(6)10/h2-5H,1H3. The molecule has 0 amide bonds. The van der Waals surface area contributed by atoms with Crippen LogP contribution in [0.4, 0.5) is 0 Å². The zero-order valence-corrected chi connectivity index (χ0v) is 8.15. The topological polar surface area (TPSA) is 62.7 Å². The Labute approximate surface area is 85.7 Å². The average Bonchev–Trinajstić information content (AvgIpc) is 2.21. The summed E-state index contributed by atoms with van der Waals surface area (Å²) in [5.41, 5.74) is 8.76. The van der Waals surface area contributed by atoms with Crippen molar-refractivity contribution in [2.24, 2.45) is 0 Å². The molecular weight excluding hydrogens is 204 g/mol. The number of hydrogen-bond acceptors (Lipinski definition) is 2. The van der Waals surface area contributed by atoms with E-state index in [-0.39, 0.29) is 5.71 Å². The molecule has 0 heterocycles. The first kappa shape index (κ1) is 10.4. The minimum absolute atomic E-state index is 0.210. The predicted octanol–water partition coefficient (Wildman–Crippen LogP) is 1.53. The summed E-state index contributed by atoms with van der Waals surface area (Å²) >= 11 is 5.80. The third kappa shape index (κ3) is 1.99. The lowest BCUT2D eigenvalue weighted by Crippen LogP contribution is -2.18. The molecule has 1 rings (SSSR count). The van der Waals surface area contributed by atoms with Gasteiger partial charge in [-0.3, -0.25) is 0 Å². The lowest BCUT2D eigenvalue weighted by molar-refractivity contribution is -0.137. The molecule has 4 nitrogen and oxygen atoms in total. The lowest BCUT2D eigenvalue weighted by atomic mass is 10.1. The van der Waals surface area contributed by atoms with E-state index in [1.807, 2.05) is 0 Å². The van der Waals surface area contributed by atoms with Crippen LogP contribution in [0.1, 0.15) is 5.56 Å². The Kier molecular flexibility index (Phi) is 3.40. The average molecular weight is 211 g/mol. The fraction of sp³-hybridized carbons (Fsp3) is 0.111. The maximum absolute atomic E-state index is 11.1. The molecule has 0 radical (unpaired) electrons. The van der Waals surface area contributed by atoms with E-state index in [4.69, 9.17) is 17.1 Å². The number of hydrogen-bond donors (Lipinski definition) is 0. The molecule has 1 aromatic rings. The molecule has 0 unspecified atom stereocenters. The Balaban J connectivity index is 3.22. The second-order valence-electron chi connectivity index (χ2n) is 2.42. The number of benzene rings is 1. The molecule has 0 saturated heterocycles. The quantitative estimate of drug-likeness (QED) is 0.322. The highest BCUT2D eigenvalue weighted by atomic mass is 35.5. The summed E-state index contributed by atoms with van der Waals surface area (Å²) in [6.07, 6.45) is 0. The molecule has 0 aliphatic heterocycles. The van der Waals surface area contributed by atoms with E-state index in [1.165, 1.54) is 7.11 Å². The van der Waals surface area contributed by atoms with Crippen LogP contribution in [0.15, 0.2) is 24.3 Å². The van der Waals surface area contributed by atoms with Crippen molar-refractivity contribution in [2.45, 2.75) is 0 Å². The SMILES string of the molecule is COC(=O)C(=[N+]=[N-])c1ccccc1Cl. The van der Waals surface area contributed by atoms with E-state index in [0.29, 0.717) is 10.6 Å². The van der Waals surface area contributed by atoms with Crippen LogP contribution in [0.2, 0.25) is 5.02 Å². The Hall–Kier alpha value is -1.64. The number of esters is 1. The number of rotatable bonds is 2. The third-order valence-corrected chi connectivity index (χ3v) is 1.94. The first-order valence-corrected chi connectivity index (χ1v) is 4.13. The first-order valence-electron chi connectivity index (χ1n) is 3.76. The number of carbonyl (C=O) groups excluding carboxylic acids is 1. The van der Waals surface area contributed by atoms with Crippen molar-refractivity contribution >= 4 is 23.3 Å². The highest BCUT2D eigenvalue weighted by Gasteiger charge is 2.25. The van der Waals surface area contributed by atoms with Crippen molar-refractivity contribution in [1.29, 1.82) is 0 Å². The number of carbonyl (C=O) groups is 1. The molecule has 0 aliphatic rings. The van der Waals surface area contributed by atoms with Gasteiger partial charge in [-0.1, -0.05) is 23.7 Å². The van der Waals surface area contributed by atoms with Gasteiger partial charge in [0, 0.05) is 0 Å². The van der Waals surface area contributed by atoms with Gasteiger partial charge in [-0.15, -0.1) is 0 Å². The number of methoxy groups -OCH3 is 1. The minimum atomic E-state index is -0.736. The Morgan fingerprint density at radius 3 is 2.64 bits per heavy atom. The van der Waals surface area contributed by atoms with Gasteiger partial charge in [-0.25, -0.2) is 4.79 Å². The second-order valence-corrected chi connectivity index (χ2v) is 2.83. The van der Waals surface area contributed by atoms with E-state index in [0.717, 1.165) is 0 Å². The van der Waals surface area contributed by atoms with Gasteiger partial charge < -0.3 is 10.3 Å². The fourth-order valence-corrected chi connectivity index (χ4v) is 1.18. The van der Waals surface area contributed by atoms with Gasteiger partial charge in [0.05, 0.1) is 17.7 Å². The largest absolute Gasteiger partial charge is 0.460 e. The van der Waals surface area contributed by atoms with Crippen LogP contribution in [0.25, 0.3) is 5.53 Å². The predicted molar refractivity (Wildman–Crippen MR) is 51.2 cm³/mol. The van der Waals surface area contributed by atoms with Gasteiger partial charge in [-0.05, 0) is 12.1 Å². The van der Waals surface area contributed by atoms with Crippen molar-refractivity contribution < 1.29 is 14.3 Å². The molecule has 0 aromatic heterocycles. The molecule has 5 heteroatoms. The molecule has 1 aromatic carbocycles. The third-order valence-electron chi connectivity index (χ3n) is 1.61. The maximum Gasteiger partial charge on any atom is 0.422 e. The monoisotopic (exact) mass is 210 g/mol. The van der Waals surface area contributed by atoms with E-state index in [2.05, 4.69) is 9.53 Å². The fourth-order valence-electron chi connectivity index (χ4n) is 0.955. The highest BCUT2D eigenvalue weighted by molar-refractivity contribution is 6.45. The Bertz CT molecular complexity index is 411. The molecule has 0 bridgehead atoms. The number of nitrogens with zero attached hydrogens (tertiary/aromatic N) is 2. The smallest absolute Gasteiger partial charge is 0.422 e. The van der Waals surface area contributed by atoms with Gasteiger partial charge in [-0.2, -0.15) is 4.79 Å². The van der Waals surface area contributed by atoms with Crippen LogP contribution in [0, 0.1) is 0 Å².